The third-order valence-electron chi connectivity index (χ3n) is 2.29. The lowest BCUT2D eigenvalue weighted by molar-refractivity contribution is -0.139. The van der Waals surface area contributed by atoms with Gasteiger partial charge >= 0.3 is 5.97 Å². The van der Waals surface area contributed by atoms with Crippen molar-refractivity contribution in [1.82, 2.24) is 5.32 Å². The Morgan fingerprint density at radius 1 is 1.50 bits per heavy atom. The Morgan fingerprint density at radius 2 is 2.28 bits per heavy atom. The number of carbonyl (C=O) groups excluding carboxylic acids is 1. The number of terminal acetylenes is 1. The summed E-state index contributed by atoms with van der Waals surface area (Å²) >= 11 is 2.88. The van der Waals surface area contributed by atoms with E-state index in [1.165, 1.54) is 11.3 Å². The fourth-order valence-corrected chi connectivity index (χ4v) is 3.44. The van der Waals surface area contributed by atoms with Crippen molar-refractivity contribution in [3.8, 4) is 12.3 Å². The highest BCUT2D eigenvalue weighted by Gasteiger charge is 2.20. The normalized spacial score (nSPS) is 11.9. The number of rotatable bonds is 4. The van der Waals surface area contributed by atoms with Crippen LogP contribution in [0.15, 0.2) is 17.5 Å². The van der Waals surface area contributed by atoms with E-state index in [9.17, 15) is 9.59 Å². The monoisotopic (exact) mass is 279 g/mol. The van der Waals surface area contributed by atoms with Crippen molar-refractivity contribution in [2.24, 2.45) is 0 Å². The Bertz CT molecular complexity index is 607. The lowest BCUT2D eigenvalue weighted by Crippen LogP contribution is -2.40. The van der Waals surface area contributed by atoms with Crippen LogP contribution < -0.4 is 5.32 Å². The van der Waals surface area contributed by atoms with E-state index in [1.54, 1.807) is 17.4 Å². The van der Waals surface area contributed by atoms with E-state index >= 15 is 0 Å². The highest BCUT2D eigenvalue weighted by Crippen LogP contribution is 2.29. The molecule has 0 spiro atoms. The van der Waals surface area contributed by atoms with Gasteiger partial charge in [-0.2, -0.15) is 0 Å². The quantitative estimate of drug-likeness (QED) is 0.843. The molecule has 1 unspecified atom stereocenters. The van der Waals surface area contributed by atoms with Crippen molar-refractivity contribution in [2.45, 2.75) is 12.5 Å². The first-order valence-electron chi connectivity index (χ1n) is 5.06. The van der Waals surface area contributed by atoms with Gasteiger partial charge in [-0.25, -0.2) is 4.79 Å². The van der Waals surface area contributed by atoms with Crippen molar-refractivity contribution >= 4 is 43.9 Å². The van der Waals surface area contributed by atoms with Gasteiger partial charge in [0.1, 0.15) is 6.04 Å². The molecule has 0 aromatic carbocycles. The Morgan fingerprint density at radius 3 is 2.89 bits per heavy atom. The molecular formula is C12H9NO3S2. The molecule has 2 rings (SSSR count). The maximum atomic E-state index is 11.9. The minimum Gasteiger partial charge on any atom is -0.480 e. The molecule has 2 heterocycles. The molecule has 0 saturated heterocycles. The molecule has 0 saturated carbocycles. The molecule has 2 aromatic rings. The number of amides is 1. The van der Waals surface area contributed by atoms with E-state index in [1.807, 2.05) is 11.4 Å². The third kappa shape index (κ3) is 2.53. The molecule has 0 aliphatic carbocycles. The molecule has 4 nitrogen and oxygen atoms in total. The summed E-state index contributed by atoms with van der Waals surface area (Å²) in [5, 5.41) is 13.3. The van der Waals surface area contributed by atoms with E-state index in [0.29, 0.717) is 4.88 Å². The molecular weight excluding hydrogens is 270 g/mol. The van der Waals surface area contributed by atoms with Crippen LogP contribution in [-0.2, 0) is 4.79 Å². The van der Waals surface area contributed by atoms with Crippen molar-refractivity contribution in [3.63, 3.8) is 0 Å². The van der Waals surface area contributed by atoms with Crippen molar-refractivity contribution < 1.29 is 14.7 Å². The standard InChI is InChI=1S/C12H9NO3S2/c1-2-3-7(12(15)16)13-11(14)10-6-9-8(18-10)4-5-17-9/h1,4-7H,3H2,(H,13,14)(H,15,16). The fourth-order valence-electron chi connectivity index (χ4n) is 1.42. The summed E-state index contributed by atoms with van der Waals surface area (Å²) in [5.74, 6) is 0.715. The van der Waals surface area contributed by atoms with Crippen LogP contribution in [0.5, 0.6) is 0 Å². The minimum absolute atomic E-state index is 0.0270. The molecule has 0 bridgehead atoms. The van der Waals surface area contributed by atoms with Crippen LogP contribution in [0, 0.1) is 12.3 Å². The molecule has 6 heteroatoms. The van der Waals surface area contributed by atoms with Crippen LogP contribution in [0.4, 0.5) is 0 Å². The molecule has 0 aliphatic rings. The van der Waals surface area contributed by atoms with Crippen LogP contribution in [0.3, 0.4) is 0 Å². The predicted molar refractivity (Wildman–Crippen MR) is 72.0 cm³/mol. The number of hydrogen-bond acceptors (Lipinski definition) is 4. The van der Waals surface area contributed by atoms with E-state index < -0.39 is 17.9 Å². The smallest absolute Gasteiger partial charge is 0.327 e. The van der Waals surface area contributed by atoms with Gasteiger partial charge in [0, 0.05) is 15.8 Å². The largest absolute Gasteiger partial charge is 0.480 e. The first kappa shape index (κ1) is 12.6. The van der Waals surface area contributed by atoms with Gasteiger partial charge < -0.3 is 10.4 Å². The SMILES string of the molecule is C#CCC(NC(=O)c1cc2sccc2s1)C(=O)O. The number of aliphatic carboxylic acids is 1. The van der Waals surface area contributed by atoms with Gasteiger partial charge in [0.05, 0.1) is 4.88 Å². The summed E-state index contributed by atoms with van der Waals surface area (Å²) in [5.41, 5.74) is 0. The van der Waals surface area contributed by atoms with E-state index in [0.717, 1.165) is 9.40 Å². The second-order valence-corrected chi connectivity index (χ2v) is 5.56. The number of carboxylic acids is 1. The first-order valence-corrected chi connectivity index (χ1v) is 6.75. The lowest BCUT2D eigenvalue weighted by atomic mass is 10.2. The molecule has 18 heavy (non-hydrogen) atoms. The highest BCUT2D eigenvalue weighted by atomic mass is 32.1. The molecule has 0 aliphatic heterocycles. The summed E-state index contributed by atoms with van der Waals surface area (Å²) < 4.78 is 2.04. The second-order valence-electron chi connectivity index (χ2n) is 3.53. The molecule has 0 fully saturated rings. The Labute approximate surface area is 111 Å². The summed E-state index contributed by atoms with van der Waals surface area (Å²) in [4.78, 5) is 23.2. The number of carboxylic acid groups (broad SMARTS) is 1. The van der Waals surface area contributed by atoms with Crippen molar-refractivity contribution in [1.29, 1.82) is 0 Å². The molecule has 1 amide bonds. The Kier molecular flexibility index (Phi) is 3.65. The number of carbonyl (C=O) groups is 2. The zero-order valence-electron chi connectivity index (χ0n) is 9.17. The Balaban J connectivity index is 2.14. The van der Waals surface area contributed by atoms with Gasteiger partial charge in [0.2, 0.25) is 0 Å². The summed E-state index contributed by atoms with van der Waals surface area (Å²) in [6.45, 7) is 0. The van der Waals surface area contributed by atoms with Gasteiger partial charge in [-0.3, -0.25) is 4.79 Å². The fraction of sp³-hybridized carbons (Fsp3) is 0.167. The number of fused-ring (bicyclic) bond motifs is 1. The van der Waals surface area contributed by atoms with Crippen LogP contribution in [0.1, 0.15) is 16.1 Å². The zero-order chi connectivity index (χ0) is 13.1. The minimum atomic E-state index is -1.13. The van der Waals surface area contributed by atoms with Gasteiger partial charge in [0.15, 0.2) is 0 Å². The van der Waals surface area contributed by atoms with Gasteiger partial charge in [-0.1, -0.05) is 0 Å². The number of nitrogens with one attached hydrogen (secondary N) is 1. The van der Waals surface area contributed by atoms with E-state index in [4.69, 9.17) is 11.5 Å². The van der Waals surface area contributed by atoms with Gasteiger partial charge in [0.25, 0.3) is 5.91 Å². The van der Waals surface area contributed by atoms with Gasteiger partial charge in [-0.15, -0.1) is 35.0 Å². The van der Waals surface area contributed by atoms with Crippen LogP contribution >= 0.6 is 22.7 Å². The first-order chi connectivity index (χ1) is 8.61. The van der Waals surface area contributed by atoms with E-state index in [-0.39, 0.29) is 6.42 Å². The maximum absolute atomic E-state index is 11.9. The second kappa shape index (κ2) is 5.21. The lowest BCUT2D eigenvalue weighted by Gasteiger charge is -2.10. The molecule has 92 valence electrons. The third-order valence-corrected chi connectivity index (χ3v) is 4.38. The molecule has 2 N–H and O–H groups in total. The predicted octanol–water partition coefficient (Wildman–Crippen LogP) is 2.17. The highest BCUT2D eigenvalue weighted by molar-refractivity contribution is 7.27. The molecule has 1 atom stereocenters. The summed E-state index contributed by atoms with van der Waals surface area (Å²) in [7, 11) is 0. The average molecular weight is 279 g/mol. The Hall–Kier alpha value is -1.84. The van der Waals surface area contributed by atoms with Crippen LogP contribution in [0.25, 0.3) is 9.40 Å². The number of hydrogen-bond donors (Lipinski definition) is 2. The summed E-state index contributed by atoms with van der Waals surface area (Å²) in [6, 6.07) is 2.65. The topological polar surface area (TPSA) is 66.4 Å². The van der Waals surface area contributed by atoms with Crippen LogP contribution in [-0.4, -0.2) is 23.0 Å². The number of thiophene rings is 2. The average Bonchev–Trinajstić information content (AvgIpc) is 2.87. The van der Waals surface area contributed by atoms with E-state index in [2.05, 4.69) is 11.2 Å². The van der Waals surface area contributed by atoms with Crippen molar-refractivity contribution in [2.75, 3.05) is 0 Å². The van der Waals surface area contributed by atoms with Crippen LogP contribution in [0.2, 0.25) is 0 Å². The zero-order valence-corrected chi connectivity index (χ0v) is 10.8. The van der Waals surface area contributed by atoms with Gasteiger partial charge in [-0.05, 0) is 17.5 Å². The molecule has 2 aromatic heterocycles. The summed E-state index contributed by atoms with van der Waals surface area (Å²) in [6.07, 6.45) is 5.04. The maximum Gasteiger partial charge on any atom is 0.327 e. The molecule has 0 radical (unpaired) electrons. The van der Waals surface area contributed by atoms with Crippen molar-refractivity contribution in [3.05, 3.63) is 22.4 Å².